The van der Waals surface area contributed by atoms with Crippen molar-refractivity contribution in [3.8, 4) is 5.75 Å². The summed E-state index contributed by atoms with van der Waals surface area (Å²) >= 11 is 6.04. The lowest BCUT2D eigenvalue weighted by Gasteiger charge is -2.19. The molecule has 2 heterocycles. The number of benzene rings is 1. The summed E-state index contributed by atoms with van der Waals surface area (Å²) in [6.07, 6.45) is 1.83. The van der Waals surface area contributed by atoms with Gasteiger partial charge in [-0.05, 0) is 30.3 Å². The van der Waals surface area contributed by atoms with E-state index in [2.05, 4.69) is 10.3 Å². The first-order valence-corrected chi connectivity index (χ1v) is 8.28. The van der Waals surface area contributed by atoms with Crippen molar-refractivity contribution in [2.75, 3.05) is 18.6 Å². The first kappa shape index (κ1) is 17.2. The van der Waals surface area contributed by atoms with Gasteiger partial charge in [0.2, 0.25) is 11.8 Å². The summed E-state index contributed by atoms with van der Waals surface area (Å²) < 4.78 is 5.30. The molecule has 3 rings (SSSR count). The van der Waals surface area contributed by atoms with Crippen LogP contribution in [0.5, 0.6) is 5.75 Å². The van der Waals surface area contributed by atoms with Crippen molar-refractivity contribution in [1.82, 2.24) is 10.3 Å². The van der Waals surface area contributed by atoms with Crippen LogP contribution in [0.4, 0.5) is 5.69 Å². The SMILES string of the molecule is COc1ccc(Cl)cc1N1CC(C(=O)NCc2ccccn2)CC1=O. The topological polar surface area (TPSA) is 71.5 Å². The summed E-state index contributed by atoms with van der Waals surface area (Å²) in [6, 6.07) is 10.6. The Morgan fingerprint density at radius 3 is 2.96 bits per heavy atom. The largest absolute Gasteiger partial charge is 0.495 e. The molecule has 25 heavy (non-hydrogen) atoms. The Labute approximate surface area is 150 Å². The molecule has 0 saturated carbocycles. The molecule has 1 saturated heterocycles. The van der Waals surface area contributed by atoms with Gasteiger partial charge in [-0.1, -0.05) is 17.7 Å². The molecule has 1 aromatic carbocycles. The van der Waals surface area contributed by atoms with Gasteiger partial charge in [0.1, 0.15) is 5.75 Å². The summed E-state index contributed by atoms with van der Waals surface area (Å²) in [6.45, 7) is 0.633. The molecule has 1 aliphatic rings. The highest BCUT2D eigenvalue weighted by molar-refractivity contribution is 6.31. The fourth-order valence-corrected chi connectivity index (χ4v) is 2.98. The van der Waals surface area contributed by atoms with E-state index in [-0.39, 0.29) is 18.2 Å². The first-order valence-electron chi connectivity index (χ1n) is 7.90. The fourth-order valence-electron chi connectivity index (χ4n) is 2.81. The highest BCUT2D eigenvalue weighted by Gasteiger charge is 2.36. The molecule has 6 nitrogen and oxygen atoms in total. The van der Waals surface area contributed by atoms with Crippen molar-refractivity contribution in [2.24, 2.45) is 5.92 Å². The number of hydrogen-bond acceptors (Lipinski definition) is 4. The molecule has 1 atom stereocenters. The van der Waals surface area contributed by atoms with Crippen LogP contribution in [-0.2, 0) is 16.1 Å². The van der Waals surface area contributed by atoms with Crippen LogP contribution >= 0.6 is 11.6 Å². The molecule has 0 aliphatic carbocycles. The summed E-state index contributed by atoms with van der Waals surface area (Å²) in [5, 5.41) is 3.34. The van der Waals surface area contributed by atoms with E-state index in [0.29, 0.717) is 29.5 Å². The van der Waals surface area contributed by atoms with Crippen LogP contribution in [0.25, 0.3) is 0 Å². The van der Waals surface area contributed by atoms with E-state index in [1.165, 1.54) is 7.11 Å². The van der Waals surface area contributed by atoms with Crippen molar-refractivity contribution in [1.29, 1.82) is 0 Å². The van der Waals surface area contributed by atoms with Gasteiger partial charge in [-0.3, -0.25) is 14.6 Å². The van der Waals surface area contributed by atoms with Gasteiger partial charge >= 0.3 is 0 Å². The quantitative estimate of drug-likeness (QED) is 0.889. The zero-order valence-corrected chi connectivity index (χ0v) is 14.5. The maximum Gasteiger partial charge on any atom is 0.227 e. The molecule has 7 heteroatoms. The number of nitrogens with one attached hydrogen (secondary N) is 1. The predicted molar refractivity (Wildman–Crippen MR) is 94.5 cm³/mol. The molecule has 2 aromatic rings. The first-order chi connectivity index (χ1) is 12.1. The summed E-state index contributed by atoms with van der Waals surface area (Å²) in [5.41, 5.74) is 1.36. The highest BCUT2D eigenvalue weighted by atomic mass is 35.5. The van der Waals surface area contributed by atoms with E-state index in [4.69, 9.17) is 16.3 Å². The molecule has 1 aliphatic heterocycles. The maximum atomic E-state index is 12.4. The second kappa shape index (κ2) is 7.53. The zero-order valence-electron chi connectivity index (χ0n) is 13.7. The number of rotatable bonds is 5. The number of anilines is 1. The highest BCUT2D eigenvalue weighted by Crippen LogP contribution is 2.35. The molecule has 1 fully saturated rings. The Morgan fingerprint density at radius 1 is 1.40 bits per heavy atom. The average molecular weight is 360 g/mol. The van der Waals surface area contributed by atoms with Crippen molar-refractivity contribution >= 4 is 29.1 Å². The van der Waals surface area contributed by atoms with Gasteiger partial charge < -0.3 is 15.0 Å². The molecule has 1 unspecified atom stereocenters. The third-order valence-corrected chi connectivity index (χ3v) is 4.33. The van der Waals surface area contributed by atoms with Gasteiger partial charge in [0.05, 0.1) is 31.0 Å². The lowest BCUT2D eigenvalue weighted by molar-refractivity contribution is -0.126. The van der Waals surface area contributed by atoms with E-state index >= 15 is 0 Å². The molecule has 2 amide bonds. The van der Waals surface area contributed by atoms with Crippen LogP contribution in [0.2, 0.25) is 5.02 Å². The van der Waals surface area contributed by atoms with E-state index in [1.807, 2.05) is 18.2 Å². The fraction of sp³-hybridized carbons (Fsp3) is 0.278. The van der Waals surface area contributed by atoms with Gasteiger partial charge in [0.15, 0.2) is 0 Å². The van der Waals surface area contributed by atoms with Crippen molar-refractivity contribution in [3.05, 3.63) is 53.3 Å². The Hall–Kier alpha value is -2.60. The number of carbonyl (C=O) groups excluding carboxylic acids is 2. The molecule has 0 radical (unpaired) electrons. The number of hydrogen-bond donors (Lipinski definition) is 1. The maximum absolute atomic E-state index is 12.4. The minimum absolute atomic E-state index is 0.126. The molecule has 130 valence electrons. The van der Waals surface area contributed by atoms with Crippen LogP contribution < -0.4 is 15.0 Å². The van der Waals surface area contributed by atoms with E-state index < -0.39 is 5.92 Å². The summed E-state index contributed by atoms with van der Waals surface area (Å²) in [7, 11) is 1.53. The summed E-state index contributed by atoms with van der Waals surface area (Å²) in [4.78, 5) is 30.5. The number of halogens is 1. The van der Waals surface area contributed by atoms with E-state index in [0.717, 1.165) is 5.69 Å². The van der Waals surface area contributed by atoms with Gasteiger partial charge in [0, 0.05) is 24.2 Å². The van der Waals surface area contributed by atoms with Gasteiger partial charge in [-0.2, -0.15) is 0 Å². The monoisotopic (exact) mass is 359 g/mol. The Balaban J connectivity index is 1.68. The van der Waals surface area contributed by atoms with Crippen LogP contribution in [0.3, 0.4) is 0 Å². The Kier molecular flexibility index (Phi) is 5.19. The molecular formula is C18H18ClN3O3. The summed E-state index contributed by atoms with van der Waals surface area (Å²) in [5.74, 6) is -0.159. The minimum Gasteiger partial charge on any atom is -0.495 e. The molecular weight excluding hydrogens is 342 g/mol. The third kappa shape index (κ3) is 3.91. The van der Waals surface area contributed by atoms with Gasteiger partial charge in [-0.15, -0.1) is 0 Å². The van der Waals surface area contributed by atoms with Gasteiger partial charge in [-0.25, -0.2) is 0 Å². The number of ether oxygens (including phenoxy) is 1. The number of nitrogens with zero attached hydrogens (tertiary/aromatic N) is 2. The van der Waals surface area contributed by atoms with E-state index in [9.17, 15) is 9.59 Å². The minimum atomic E-state index is -0.417. The zero-order chi connectivity index (χ0) is 17.8. The van der Waals surface area contributed by atoms with Crippen LogP contribution in [-0.4, -0.2) is 30.5 Å². The van der Waals surface area contributed by atoms with Gasteiger partial charge in [0.25, 0.3) is 0 Å². The average Bonchev–Trinajstić information content (AvgIpc) is 3.02. The van der Waals surface area contributed by atoms with Crippen LogP contribution in [0.1, 0.15) is 12.1 Å². The number of aromatic nitrogens is 1. The Morgan fingerprint density at radius 2 is 2.24 bits per heavy atom. The smallest absolute Gasteiger partial charge is 0.227 e. The molecule has 1 aromatic heterocycles. The number of methoxy groups -OCH3 is 1. The predicted octanol–water partition coefficient (Wildman–Crippen LogP) is 2.41. The number of carbonyl (C=O) groups is 2. The van der Waals surface area contributed by atoms with Crippen molar-refractivity contribution in [3.63, 3.8) is 0 Å². The van der Waals surface area contributed by atoms with E-state index in [1.54, 1.807) is 29.3 Å². The second-order valence-corrected chi connectivity index (χ2v) is 6.20. The van der Waals surface area contributed by atoms with Crippen LogP contribution in [0.15, 0.2) is 42.6 Å². The normalized spacial score (nSPS) is 16.8. The molecule has 1 N–H and O–H groups in total. The van der Waals surface area contributed by atoms with Crippen molar-refractivity contribution in [2.45, 2.75) is 13.0 Å². The van der Waals surface area contributed by atoms with Crippen molar-refractivity contribution < 1.29 is 14.3 Å². The standard InChI is InChI=1S/C18H18ClN3O3/c1-25-16-6-5-13(19)9-15(16)22-11-12(8-17(22)23)18(24)21-10-14-4-2-3-7-20-14/h2-7,9,12H,8,10-11H2,1H3,(H,21,24). The lowest BCUT2D eigenvalue weighted by atomic mass is 10.1. The Bertz CT molecular complexity index is 782. The lowest BCUT2D eigenvalue weighted by Crippen LogP contribution is -2.32. The third-order valence-electron chi connectivity index (χ3n) is 4.10. The van der Waals surface area contributed by atoms with Crippen LogP contribution in [0, 0.1) is 5.92 Å². The number of pyridine rings is 1. The molecule has 0 bridgehead atoms. The second-order valence-electron chi connectivity index (χ2n) is 5.76. The molecule has 0 spiro atoms. The number of amides is 2.